The Balaban J connectivity index is 1.48. The van der Waals surface area contributed by atoms with Crippen molar-refractivity contribution in [1.82, 2.24) is 4.90 Å². The smallest absolute Gasteiger partial charge is 0.228 e. The van der Waals surface area contributed by atoms with E-state index < -0.39 is 0 Å². The summed E-state index contributed by atoms with van der Waals surface area (Å²) in [5.41, 5.74) is -0.0553. The van der Waals surface area contributed by atoms with Gasteiger partial charge in [-0.3, -0.25) is 4.79 Å². The van der Waals surface area contributed by atoms with E-state index in [9.17, 15) is 4.79 Å². The predicted molar refractivity (Wildman–Crippen MR) is 94.6 cm³/mol. The molecule has 1 heterocycles. The number of rotatable bonds is 4. The van der Waals surface area contributed by atoms with Gasteiger partial charge >= 0.3 is 0 Å². The van der Waals surface area contributed by atoms with Crippen molar-refractivity contribution in [2.75, 3.05) is 19.7 Å². The van der Waals surface area contributed by atoms with Crippen LogP contribution in [0.5, 0.6) is 0 Å². The minimum absolute atomic E-state index is 0.0553. The number of amides is 1. The van der Waals surface area contributed by atoms with Crippen LogP contribution in [0.4, 0.5) is 0 Å². The fourth-order valence-corrected chi connectivity index (χ4v) is 7.73. The van der Waals surface area contributed by atoms with Gasteiger partial charge in [0.25, 0.3) is 0 Å². The van der Waals surface area contributed by atoms with E-state index in [0.29, 0.717) is 5.91 Å². The summed E-state index contributed by atoms with van der Waals surface area (Å²) < 4.78 is 6.21. The van der Waals surface area contributed by atoms with Gasteiger partial charge in [0, 0.05) is 24.0 Å². The van der Waals surface area contributed by atoms with E-state index in [1.807, 2.05) is 0 Å². The molecule has 5 aliphatic rings. The predicted octanol–water partition coefficient (Wildman–Crippen LogP) is 4.14. The van der Waals surface area contributed by atoms with Gasteiger partial charge in [0.1, 0.15) is 0 Å². The van der Waals surface area contributed by atoms with Crippen LogP contribution in [-0.2, 0) is 9.53 Å². The maximum atomic E-state index is 13.5. The molecule has 0 aromatic heterocycles. The van der Waals surface area contributed by atoms with Crippen LogP contribution in [0.25, 0.3) is 0 Å². The SMILES string of the molecule is CCCOC1CCCN(C(=O)C23CC4CC(CC(Br)(C4)C2)C3)C1. The van der Waals surface area contributed by atoms with Gasteiger partial charge in [0.2, 0.25) is 5.91 Å². The van der Waals surface area contributed by atoms with Crippen LogP contribution < -0.4 is 0 Å². The summed E-state index contributed by atoms with van der Waals surface area (Å²) >= 11 is 4.04. The Morgan fingerprint density at radius 2 is 2.00 bits per heavy atom. The lowest BCUT2D eigenvalue weighted by atomic mass is 9.49. The number of halogens is 1. The topological polar surface area (TPSA) is 29.5 Å². The van der Waals surface area contributed by atoms with E-state index in [0.717, 1.165) is 70.1 Å². The quantitative estimate of drug-likeness (QED) is 0.682. The van der Waals surface area contributed by atoms with E-state index in [1.54, 1.807) is 0 Å². The molecule has 1 saturated heterocycles. The summed E-state index contributed by atoms with van der Waals surface area (Å²) in [5.74, 6) is 2.01. The molecule has 0 radical (unpaired) electrons. The molecule has 4 saturated carbocycles. The van der Waals surface area contributed by atoms with Gasteiger partial charge in [-0.15, -0.1) is 0 Å². The van der Waals surface area contributed by atoms with E-state index in [-0.39, 0.29) is 15.8 Å². The first-order valence-corrected chi connectivity index (χ1v) is 10.4. The molecule has 4 bridgehead atoms. The molecule has 4 aliphatic carbocycles. The Labute approximate surface area is 148 Å². The highest BCUT2D eigenvalue weighted by Crippen LogP contribution is 2.64. The lowest BCUT2D eigenvalue weighted by molar-refractivity contribution is -0.159. The number of piperidine rings is 1. The third kappa shape index (κ3) is 2.99. The van der Waals surface area contributed by atoms with Crippen molar-refractivity contribution in [3.63, 3.8) is 0 Å². The number of nitrogens with zero attached hydrogens (tertiary/aromatic N) is 1. The van der Waals surface area contributed by atoms with Crippen molar-refractivity contribution in [1.29, 1.82) is 0 Å². The van der Waals surface area contributed by atoms with Crippen LogP contribution in [0.3, 0.4) is 0 Å². The van der Waals surface area contributed by atoms with Crippen LogP contribution in [-0.4, -0.2) is 40.9 Å². The van der Waals surface area contributed by atoms with Crippen LogP contribution in [0, 0.1) is 17.3 Å². The second-order valence-corrected chi connectivity index (χ2v) is 10.5. The fraction of sp³-hybridized carbons (Fsp3) is 0.947. The largest absolute Gasteiger partial charge is 0.376 e. The molecule has 5 rings (SSSR count). The monoisotopic (exact) mass is 383 g/mol. The summed E-state index contributed by atoms with van der Waals surface area (Å²) in [6.07, 6.45) is 10.9. The molecular formula is C19H30BrNO2. The van der Waals surface area contributed by atoms with Crippen molar-refractivity contribution in [3.05, 3.63) is 0 Å². The van der Waals surface area contributed by atoms with E-state index >= 15 is 0 Å². The van der Waals surface area contributed by atoms with Gasteiger partial charge in [-0.25, -0.2) is 0 Å². The third-order valence-corrected chi connectivity index (χ3v) is 7.59. The highest BCUT2D eigenvalue weighted by molar-refractivity contribution is 9.10. The fourth-order valence-electron chi connectivity index (χ4n) is 6.28. The zero-order valence-corrected chi connectivity index (χ0v) is 15.9. The van der Waals surface area contributed by atoms with Crippen LogP contribution in [0.15, 0.2) is 0 Å². The first-order valence-electron chi connectivity index (χ1n) is 9.62. The molecule has 3 nitrogen and oxygen atoms in total. The average Bonchev–Trinajstić information content (AvgIpc) is 2.50. The molecule has 5 fully saturated rings. The lowest BCUT2D eigenvalue weighted by Gasteiger charge is -2.60. The molecule has 3 unspecified atom stereocenters. The second-order valence-electron chi connectivity index (χ2n) is 8.78. The van der Waals surface area contributed by atoms with E-state index in [1.165, 1.54) is 19.3 Å². The zero-order valence-electron chi connectivity index (χ0n) is 14.4. The molecular weight excluding hydrogens is 354 g/mol. The molecule has 4 heteroatoms. The minimum atomic E-state index is -0.0553. The maximum Gasteiger partial charge on any atom is 0.228 e. The maximum absolute atomic E-state index is 13.5. The van der Waals surface area contributed by atoms with Gasteiger partial charge in [0.05, 0.1) is 11.5 Å². The van der Waals surface area contributed by atoms with Crippen LogP contribution >= 0.6 is 15.9 Å². The van der Waals surface area contributed by atoms with Crippen molar-refractivity contribution >= 4 is 21.8 Å². The molecule has 3 atom stereocenters. The van der Waals surface area contributed by atoms with Gasteiger partial charge in [0.15, 0.2) is 0 Å². The normalized spacial score (nSPS) is 45.5. The standard InChI is InChI=1S/C19H30BrNO2/c1-2-6-23-16-4-3-5-21(12-16)17(22)18-8-14-7-15(9-18)11-19(20,10-14)13-18/h14-16H,2-13H2,1H3. The van der Waals surface area contributed by atoms with Gasteiger partial charge in [-0.2, -0.15) is 0 Å². The van der Waals surface area contributed by atoms with Crippen LogP contribution in [0.1, 0.15) is 64.7 Å². The van der Waals surface area contributed by atoms with Crippen molar-refractivity contribution in [2.24, 2.45) is 17.3 Å². The van der Waals surface area contributed by atoms with E-state index in [4.69, 9.17) is 4.74 Å². The Kier molecular flexibility index (Phi) is 4.28. The highest BCUT2D eigenvalue weighted by atomic mass is 79.9. The summed E-state index contributed by atoms with van der Waals surface area (Å²) in [4.78, 5) is 15.6. The number of ether oxygens (including phenoxy) is 1. The second kappa shape index (κ2) is 6.01. The summed E-state index contributed by atoms with van der Waals surface area (Å²) in [6.45, 7) is 4.74. The number of carbonyl (C=O) groups excluding carboxylic acids is 1. The number of likely N-dealkylation sites (tertiary alicyclic amines) is 1. The summed E-state index contributed by atoms with van der Waals surface area (Å²) in [5, 5.41) is 0. The van der Waals surface area contributed by atoms with Crippen molar-refractivity contribution in [2.45, 2.75) is 75.1 Å². The Morgan fingerprint density at radius 3 is 2.65 bits per heavy atom. The number of alkyl halides is 1. The van der Waals surface area contributed by atoms with Crippen molar-refractivity contribution in [3.8, 4) is 0 Å². The molecule has 0 N–H and O–H groups in total. The van der Waals surface area contributed by atoms with Gasteiger partial charge in [-0.1, -0.05) is 22.9 Å². The van der Waals surface area contributed by atoms with Crippen molar-refractivity contribution < 1.29 is 9.53 Å². The number of hydrogen-bond donors (Lipinski definition) is 0. The first kappa shape index (κ1) is 16.4. The molecule has 0 spiro atoms. The molecule has 0 aromatic rings. The average molecular weight is 384 g/mol. The van der Waals surface area contributed by atoms with Crippen LogP contribution in [0.2, 0.25) is 0 Å². The minimum Gasteiger partial charge on any atom is -0.376 e. The third-order valence-electron chi connectivity index (χ3n) is 6.67. The Bertz CT molecular complexity index is 466. The highest BCUT2D eigenvalue weighted by Gasteiger charge is 2.60. The van der Waals surface area contributed by atoms with Gasteiger partial charge < -0.3 is 9.64 Å². The summed E-state index contributed by atoms with van der Waals surface area (Å²) in [6, 6.07) is 0. The Hall–Kier alpha value is -0.0900. The van der Waals surface area contributed by atoms with E-state index in [2.05, 4.69) is 27.8 Å². The zero-order chi connectivity index (χ0) is 16.1. The molecule has 130 valence electrons. The molecule has 1 amide bonds. The molecule has 23 heavy (non-hydrogen) atoms. The number of hydrogen-bond acceptors (Lipinski definition) is 2. The first-order chi connectivity index (χ1) is 11.0. The Morgan fingerprint density at radius 1 is 1.26 bits per heavy atom. The number of carbonyl (C=O) groups is 1. The van der Waals surface area contributed by atoms with Gasteiger partial charge in [-0.05, 0) is 69.6 Å². The lowest BCUT2D eigenvalue weighted by Crippen LogP contribution is -2.60. The molecule has 0 aromatic carbocycles. The summed E-state index contributed by atoms with van der Waals surface area (Å²) in [7, 11) is 0. The molecule has 1 aliphatic heterocycles.